The molecule has 0 saturated heterocycles. The lowest BCUT2D eigenvalue weighted by molar-refractivity contribution is 0.310. The Hall–Kier alpha value is -0.440. The van der Waals surface area contributed by atoms with Crippen molar-refractivity contribution in [1.82, 2.24) is 0 Å². The normalized spacial score (nSPS) is 14.8. The molecule has 98 valence electrons. The van der Waals surface area contributed by atoms with Crippen LogP contribution in [0.3, 0.4) is 0 Å². The molecule has 0 saturated carbocycles. The Morgan fingerprint density at radius 3 is 2.33 bits per heavy atom. The summed E-state index contributed by atoms with van der Waals surface area (Å²) in [5.74, 6) is 0. The van der Waals surface area contributed by atoms with Crippen LogP contribution in [-0.2, 0) is 13.6 Å². The first kappa shape index (κ1) is 15.6. The first-order valence-corrected chi connectivity index (χ1v) is 7.44. The molecule has 1 aromatic rings. The molecule has 0 radical (unpaired) electrons. The lowest BCUT2D eigenvalue weighted by Gasteiger charge is -2.14. The summed E-state index contributed by atoms with van der Waals surface area (Å²) in [5, 5.41) is 0.525. The number of allylic oxidation sites excluding steroid dienone is 2. The van der Waals surface area contributed by atoms with Gasteiger partial charge in [0.2, 0.25) is 0 Å². The van der Waals surface area contributed by atoms with Crippen molar-refractivity contribution >= 4 is 47.7 Å². The third-order valence-electron chi connectivity index (χ3n) is 1.86. The number of benzene rings is 1. The van der Waals surface area contributed by atoms with E-state index in [1.54, 1.807) is 30.3 Å². The molecular formula is C11H10Cl3O3P. The molecule has 0 aliphatic rings. The molecule has 7 heteroatoms. The summed E-state index contributed by atoms with van der Waals surface area (Å²) in [7, 11) is -2.13. The molecule has 0 N–H and O–H groups in total. The quantitative estimate of drug-likeness (QED) is 0.451. The minimum atomic E-state index is -3.43. The van der Waals surface area contributed by atoms with E-state index < -0.39 is 7.60 Å². The van der Waals surface area contributed by atoms with Gasteiger partial charge in [0.15, 0.2) is 0 Å². The van der Waals surface area contributed by atoms with Gasteiger partial charge in [0.1, 0.15) is 10.8 Å². The summed E-state index contributed by atoms with van der Waals surface area (Å²) in [6.45, 7) is 0. The van der Waals surface area contributed by atoms with Crippen LogP contribution in [0.25, 0.3) is 0 Å². The van der Waals surface area contributed by atoms with Crippen molar-refractivity contribution < 1.29 is 13.6 Å². The molecule has 1 atom stereocenters. The van der Waals surface area contributed by atoms with Gasteiger partial charge in [-0.15, -0.1) is 0 Å². The molecule has 1 unspecified atom stereocenters. The molecule has 3 nitrogen and oxygen atoms in total. The lowest BCUT2D eigenvalue weighted by Crippen LogP contribution is -2.06. The number of rotatable bonds is 5. The number of hydrogen-bond donors (Lipinski definition) is 0. The minimum absolute atomic E-state index is 0.0354. The Kier molecular flexibility index (Phi) is 6.27. The van der Waals surface area contributed by atoms with Crippen LogP contribution in [0.15, 0.2) is 52.2 Å². The van der Waals surface area contributed by atoms with Crippen LogP contribution < -0.4 is 5.30 Å². The van der Waals surface area contributed by atoms with Gasteiger partial charge in [0.05, 0.1) is 10.3 Å². The van der Waals surface area contributed by atoms with Crippen LogP contribution in [0.1, 0.15) is 0 Å². The van der Waals surface area contributed by atoms with Gasteiger partial charge in [-0.2, -0.15) is 0 Å². The van der Waals surface area contributed by atoms with E-state index in [1.165, 1.54) is 13.2 Å². The summed E-state index contributed by atoms with van der Waals surface area (Å²) in [6, 6.07) is 8.52. The van der Waals surface area contributed by atoms with Crippen molar-refractivity contribution in [2.24, 2.45) is 0 Å². The van der Waals surface area contributed by atoms with Crippen LogP contribution in [0.2, 0.25) is 0 Å². The average molecular weight is 328 g/mol. The number of hydrogen-bond acceptors (Lipinski definition) is 3. The van der Waals surface area contributed by atoms with Crippen molar-refractivity contribution in [2.75, 3.05) is 7.11 Å². The van der Waals surface area contributed by atoms with E-state index in [0.717, 1.165) is 6.26 Å². The Balaban J connectivity index is 2.92. The molecule has 0 spiro atoms. The van der Waals surface area contributed by atoms with E-state index in [2.05, 4.69) is 0 Å². The molecular weight excluding hydrogens is 317 g/mol. The van der Waals surface area contributed by atoms with E-state index in [9.17, 15) is 4.57 Å². The van der Waals surface area contributed by atoms with Gasteiger partial charge in [0.25, 0.3) is 0 Å². The first-order valence-electron chi connectivity index (χ1n) is 4.76. The van der Waals surface area contributed by atoms with Crippen LogP contribution >= 0.6 is 42.4 Å². The third-order valence-corrected chi connectivity index (χ3v) is 4.07. The van der Waals surface area contributed by atoms with Crippen LogP contribution in [0.5, 0.6) is 0 Å². The highest BCUT2D eigenvalue weighted by molar-refractivity contribution is 7.62. The maximum absolute atomic E-state index is 12.3. The van der Waals surface area contributed by atoms with Gasteiger partial charge in [-0.25, -0.2) is 4.57 Å². The highest BCUT2D eigenvalue weighted by Crippen LogP contribution is 2.46. The fourth-order valence-corrected chi connectivity index (χ4v) is 2.85. The van der Waals surface area contributed by atoms with Gasteiger partial charge < -0.3 is 4.52 Å². The molecule has 0 aromatic heterocycles. The number of halogens is 3. The largest absolute Gasteiger partial charge is 0.428 e. The minimum Gasteiger partial charge on any atom is -0.428 e. The Bertz CT molecular complexity index is 496. The molecule has 0 aliphatic heterocycles. The van der Waals surface area contributed by atoms with Gasteiger partial charge in [-0.3, -0.25) is 4.52 Å². The molecule has 0 aliphatic carbocycles. The molecule has 1 rings (SSSR count). The van der Waals surface area contributed by atoms with Crippen LogP contribution in [-0.4, -0.2) is 7.11 Å². The smallest absolute Gasteiger partial charge is 0.409 e. The Morgan fingerprint density at radius 1 is 1.22 bits per heavy atom. The molecule has 0 fully saturated rings. The summed E-state index contributed by atoms with van der Waals surface area (Å²) in [4.78, 5) is 0. The fourth-order valence-electron chi connectivity index (χ4n) is 1.08. The summed E-state index contributed by atoms with van der Waals surface area (Å²) in [6.07, 6.45) is 2.32. The van der Waals surface area contributed by atoms with E-state index in [4.69, 9.17) is 43.9 Å². The SMILES string of the molecule is COP(=O)(O/C=C(/Cl)C=C(Cl)Cl)c1ccccc1. The first-order chi connectivity index (χ1) is 8.48. The second kappa shape index (κ2) is 7.22. The van der Waals surface area contributed by atoms with E-state index in [0.29, 0.717) is 5.30 Å². The zero-order valence-corrected chi connectivity index (χ0v) is 12.5. The standard InChI is InChI=1S/C11H10Cl3O3P/c1-16-18(15,10-5-3-2-4-6-10)17-8-9(12)7-11(13)14/h2-8H,1H3/b9-8+. The predicted octanol–water partition coefficient (Wildman–Crippen LogP) is 4.57. The monoisotopic (exact) mass is 326 g/mol. The zero-order chi connectivity index (χ0) is 13.6. The highest BCUT2D eigenvalue weighted by Gasteiger charge is 2.25. The van der Waals surface area contributed by atoms with Crippen LogP contribution in [0, 0.1) is 0 Å². The van der Waals surface area contributed by atoms with Crippen LogP contribution in [0.4, 0.5) is 0 Å². The Morgan fingerprint density at radius 2 is 1.83 bits per heavy atom. The van der Waals surface area contributed by atoms with Crippen molar-refractivity contribution in [1.29, 1.82) is 0 Å². The van der Waals surface area contributed by atoms with Gasteiger partial charge in [-0.1, -0.05) is 53.0 Å². The summed E-state index contributed by atoms with van der Waals surface area (Å²) >= 11 is 16.6. The zero-order valence-electron chi connectivity index (χ0n) is 9.35. The topological polar surface area (TPSA) is 35.5 Å². The maximum Gasteiger partial charge on any atom is 0.409 e. The molecule has 18 heavy (non-hydrogen) atoms. The Labute approximate surface area is 120 Å². The second-order valence-electron chi connectivity index (χ2n) is 3.06. The van der Waals surface area contributed by atoms with E-state index in [1.807, 2.05) is 0 Å². The summed E-state index contributed by atoms with van der Waals surface area (Å²) in [5.41, 5.74) is 0. The van der Waals surface area contributed by atoms with Gasteiger partial charge in [0, 0.05) is 7.11 Å². The van der Waals surface area contributed by atoms with Gasteiger partial charge in [-0.05, 0) is 18.2 Å². The predicted molar refractivity (Wildman–Crippen MR) is 75.5 cm³/mol. The van der Waals surface area contributed by atoms with Crippen molar-refractivity contribution in [3.05, 3.63) is 52.2 Å². The molecule has 0 heterocycles. The van der Waals surface area contributed by atoms with E-state index >= 15 is 0 Å². The molecule has 0 amide bonds. The molecule has 0 bridgehead atoms. The maximum atomic E-state index is 12.3. The van der Waals surface area contributed by atoms with Crippen molar-refractivity contribution in [2.45, 2.75) is 0 Å². The average Bonchev–Trinajstić information content (AvgIpc) is 2.36. The highest BCUT2D eigenvalue weighted by atomic mass is 35.5. The van der Waals surface area contributed by atoms with Gasteiger partial charge >= 0.3 is 7.60 Å². The lowest BCUT2D eigenvalue weighted by atomic mass is 10.4. The van der Waals surface area contributed by atoms with Crippen molar-refractivity contribution in [3.8, 4) is 0 Å². The van der Waals surface area contributed by atoms with E-state index in [-0.39, 0.29) is 9.52 Å². The second-order valence-corrected chi connectivity index (χ2v) is 6.59. The summed E-state index contributed by atoms with van der Waals surface area (Å²) < 4.78 is 22.3. The fraction of sp³-hybridized carbons (Fsp3) is 0.0909. The molecule has 1 aromatic carbocycles. The van der Waals surface area contributed by atoms with Crippen molar-refractivity contribution in [3.63, 3.8) is 0 Å². The third kappa shape index (κ3) is 4.68.